The molecule has 0 aromatic carbocycles. The molecule has 0 radical (unpaired) electrons. The predicted molar refractivity (Wildman–Crippen MR) is 68.7 cm³/mol. The van der Waals surface area contributed by atoms with Crippen molar-refractivity contribution >= 4 is 11.8 Å². The minimum Gasteiger partial charge on any atom is -0.354 e. The quantitative estimate of drug-likeness (QED) is 0.654. The SMILES string of the molecule is CC1C(N)CCCC1C(=O)NC1CCC(=O)NC1. The van der Waals surface area contributed by atoms with Gasteiger partial charge in [0.2, 0.25) is 11.8 Å². The second-order valence-corrected chi connectivity index (χ2v) is 5.61. The number of carbonyl (C=O) groups excluding carboxylic acids is 2. The maximum atomic E-state index is 12.2. The van der Waals surface area contributed by atoms with Crippen molar-refractivity contribution in [3.8, 4) is 0 Å². The van der Waals surface area contributed by atoms with Crippen molar-refractivity contribution in [2.24, 2.45) is 17.6 Å². The second kappa shape index (κ2) is 5.69. The average Bonchev–Trinajstić information content (AvgIpc) is 2.35. The number of rotatable bonds is 2. The Kier molecular flexibility index (Phi) is 4.22. The van der Waals surface area contributed by atoms with Crippen molar-refractivity contribution in [2.45, 2.75) is 51.1 Å². The first-order valence-electron chi connectivity index (χ1n) is 6.90. The molecule has 0 aromatic heterocycles. The van der Waals surface area contributed by atoms with E-state index in [0.29, 0.717) is 13.0 Å². The van der Waals surface area contributed by atoms with Crippen LogP contribution in [0.3, 0.4) is 0 Å². The van der Waals surface area contributed by atoms with Crippen LogP contribution < -0.4 is 16.4 Å². The molecule has 4 unspecified atom stereocenters. The number of nitrogens with one attached hydrogen (secondary N) is 2. The summed E-state index contributed by atoms with van der Waals surface area (Å²) in [7, 11) is 0. The Morgan fingerprint density at radius 2 is 2.17 bits per heavy atom. The summed E-state index contributed by atoms with van der Waals surface area (Å²) < 4.78 is 0. The van der Waals surface area contributed by atoms with Gasteiger partial charge >= 0.3 is 0 Å². The molecule has 0 aromatic rings. The molecule has 5 nitrogen and oxygen atoms in total. The Labute approximate surface area is 108 Å². The molecule has 4 N–H and O–H groups in total. The molecule has 2 aliphatic rings. The van der Waals surface area contributed by atoms with E-state index in [1.165, 1.54) is 0 Å². The van der Waals surface area contributed by atoms with Crippen molar-refractivity contribution in [2.75, 3.05) is 6.54 Å². The smallest absolute Gasteiger partial charge is 0.223 e. The van der Waals surface area contributed by atoms with Gasteiger partial charge in [-0.3, -0.25) is 9.59 Å². The normalized spacial score (nSPS) is 36.9. The maximum absolute atomic E-state index is 12.2. The zero-order chi connectivity index (χ0) is 13.1. The number of piperidine rings is 1. The molecule has 1 aliphatic heterocycles. The van der Waals surface area contributed by atoms with Crippen LogP contribution in [0.1, 0.15) is 39.0 Å². The molecule has 1 saturated heterocycles. The Balaban J connectivity index is 1.85. The Morgan fingerprint density at radius 3 is 2.83 bits per heavy atom. The van der Waals surface area contributed by atoms with Crippen LogP contribution >= 0.6 is 0 Å². The molecule has 0 spiro atoms. The first kappa shape index (κ1) is 13.3. The van der Waals surface area contributed by atoms with Gasteiger partial charge in [0.15, 0.2) is 0 Å². The predicted octanol–water partition coefficient (Wildman–Crippen LogP) is 0.145. The third-order valence-electron chi connectivity index (χ3n) is 4.31. The van der Waals surface area contributed by atoms with Crippen LogP contribution in [0.4, 0.5) is 0 Å². The Hall–Kier alpha value is -1.10. The Morgan fingerprint density at radius 1 is 1.39 bits per heavy atom. The number of hydrogen-bond donors (Lipinski definition) is 3. The largest absolute Gasteiger partial charge is 0.354 e. The number of hydrogen-bond acceptors (Lipinski definition) is 3. The van der Waals surface area contributed by atoms with Crippen LogP contribution in [0.2, 0.25) is 0 Å². The molecular formula is C13H23N3O2. The molecule has 2 fully saturated rings. The monoisotopic (exact) mass is 253 g/mol. The molecule has 2 amide bonds. The molecule has 4 atom stereocenters. The van der Waals surface area contributed by atoms with Gasteiger partial charge in [0.25, 0.3) is 0 Å². The third-order valence-corrected chi connectivity index (χ3v) is 4.31. The summed E-state index contributed by atoms with van der Waals surface area (Å²) in [5, 5.41) is 5.83. The highest BCUT2D eigenvalue weighted by Gasteiger charge is 2.33. The standard InChI is InChI=1S/C13H23N3O2/c1-8-10(3-2-4-11(8)14)13(18)16-9-5-6-12(17)15-7-9/h8-11H,2-7,14H2,1H3,(H,15,17)(H,16,18). The van der Waals surface area contributed by atoms with Crippen molar-refractivity contribution in [1.82, 2.24) is 10.6 Å². The molecule has 5 heteroatoms. The molecule has 2 rings (SSSR count). The van der Waals surface area contributed by atoms with E-state index in [1.807, 2.05) is 0 Å². The molecule has 0 bridgehead atoms. The summed E-state index contributed by atoms with van der Waals surface area (Å²) in [6.45, 7) is 2.62. The van der Waals surface area contributed by atoms with E-state index < -0.39 is 0 Å². The van der Waals surface area contributed by atoms with Crippen LogP contribution in [0, 0.1) is 11.8 Å². The van der Waals surface area contributed by atoms with E-state index in [4.69, 9.17) is 5.73 Å². The fraction of sp³-hybridized carbons (Fsp3) is 0.846. The highest BCUT2D eigenvalue weighted by Crippen LogP contribution is 2.29. The minimum atomic E-state index is 0.0337. The van der Waals surface area contributed by atoms with Crippen LogP contribution in [0.5, 0.6) is 0 Å². The van der Waals surface area contributed by atoms with Crippen LogP contribution in [-0.4, -0.2) is 30.4 Å². The zero-order valence-electron chi connectivity index (χ0n) is 10.9. The number of nitrogens with two attached hydrogens (primary N) is 1. The first-order chi connectivity index (χ1) is 8.58. The first-order valence-corrected chi connectivity index (χ1v) is 6.90. The maximum Gasteiger partial charge on any atom is 0.223 e. The fourth-order valence-corrected chi connectivity index (χ4v) is 2.93. The summed E-state index contributed by atoms with van der Waals surface area (Å²) in [6, 6.07) is 0.223. The van der Waals surface area contributed by atoms with Crippen LogP contribution in [-0.2, 0) is 9.59 Å². The van der Waals surface area contributed by atoms with Gasteiger partial charge in [0.05, 0.1) is 0 Å². The average molecular weight is 253 g/mol. The van der Waals surface area contributed by atoms with E-state index in [0.717, 1.165) is 25.7 Å². The minimum absolute atomic E-state index is 0.0337. The van der Waals surface area contributed by atoms with E-state index in [-0.39, 0.29) is 35.7 Å². The second-order valence-electron chi connectivity index (χ2n) is 5.61. The van der Waals surface area contributed by atoms with E-state index in [1.54, 1.807) is 0 Å². The number of carbonyl (C=O) groups is 2. The van der Waals surface area contributed by atoms with E-state index in [9.17, 15) is 9.59 Å². The van der Waals surface area contributed by atoms with Gasteiger partial charge in [-0.15, -0.1) is 0 Å². The van der Waals surface area contributed by atoms with Crippen molar-refractivity contribution in [3.63, 3.8) is 0 Å². The van der Waals surface area contributed by atoms with Gasteiger partial charge in [-0.05, 0) is 25.2 Å². The lowest BCUT2D eigenvalue weighted by molar-refractivity contribution is -0.130. The summed E-state index contributed by atoms with van der Waals surface area (Å²) in [5.74, 6) is 0.468. The molecule has 102 valence electrons. The summed E-state index contributed by atoms with van der Waals surface area (Å²) in [4.78, 5) is 23.3. The van der Waals surface area contributed by atoms with Gasteiger partial charge in [0, 0.05) is 31.0 Å². The molecule has 18 heavy (non-hydrogen) atoms. The van der Waals surface area contributed by atoms with Gasteiger partial charge in [0.1, 0.15) is 0 Å². The molecule has 1 aliphatic carbocycles. The summed E-state index contributed by atoms with van der Waals surface area (Å²) in [5.41, 5.74) is 6.02. The topological polar surface area (TPSA) is 84.2 Å². The lowest BCUT2D eigenvalue weighted by atomic mass is 9.76. The zero-order valence-corrected chi connectivity index (χ0v) is 10.9. The lowest BCUT2D eigenvalue weighted by Crippen LogP contribution is -2.51. The van der Waals surface area contributed by atoms with Crippen LogP contribution in [0.25, 0.3) is 0 Å². The highest BCUT2D eigenvalue weighted by molar-refractivity contribution is 5.80. The molecule has 1 saturated carbocycles. The van der Waals surface area contributed by atoms with E-state index >= 15 is 0 Å². The van der Waals surface area contributed by atoms with Crippen molar-refractivity contribution in [3.05, 3.63) is 0 Å². The van der Waals surface area contributed by atoms with Gasteiger partial charge in [-0.1, -0.05) is 13.3 Å². The van der Waals surface area contributed by atoms with Crippen molar-refractivity contribution in [1.29, 1.82) is 0 Å². The molecule has 1 heterocycles. The summed E-state index contributed by atoms with van der Waals surface area (Å²) in [6.07, 6.45) is 4.23. The molecular weight excluding hydrogens is 230 g/mol. The van der Waals surface area contributed by atoms with Crippen LogP contribution in [0.15, 0.2) is 0 Å². The van der Waals surface area contributed by atoms with Crippen molar-refractivity contribution < 1.29 is 9.59 Å². The lowest BCUT2D eigenvalue weighted by Gasteiger charge is -2.34. The van der Waals surface area contributed by atoms with Gasteiger partial charge < -0.3 is 16.4 Å². The Bertz CT molecular complexity index is 322. The summed E-state index contributed by atoms with van der Waals surface area (Å²) >= 11 is 0. The highest BCUT2D eigenvalue weighted by atomic mass is 16.2. The van der Waals surface area contributed by atoms with Gasteiger partial charge in [-0.25, -0.2) is 0 Å². The number of amides is 2. The van der Waals surface area contributed by atoms with Gasteiger partial charge in [-0.2, -0.15) is 0 Å². The van der Waals surface area contributed by atoms with E-state index in [2.05, 4.69) is 17.6 Å². The fourth-order valence-electron chi connectivity index (χ4n) is 2.93. The third kappa shape index (κ3) is 3.02.